The van der Waals surface area contributed by atoms with Crippen LogP contribution in [-0.4, -0.2) is 6.61 Å². The van der Waals surface area contributed by atoms with Crippen molar-refractivity contribution >= 4 is 5.69 Å². The molecule has 18 heavy (non-hydrogen) atoms. The maximum atomic E-state index is 5.80. The maximum absolute atomic E-state index is 5.80. The molecule has 2 N–H and O–H groups in total. The van der Waals surface area contributed by atoms with Gasteiger partial charge in [-0.3, -0.25) is 0 Å². The van der Waals surface area contributed by atoms with Gasteiger partial charge >= 0.3 is 0 Å². The van der Waals surface area contributed by atoms with Gasteiger partial charge in [0.25, 0.3) is 0 Å². The quantitative estimate of drug-likeness (QED) is 0.478. The number of ether oxygens (including phenoxy) is 1. The van der Waals surface area contributed by atoms with E-state index in [0.29, 0.717) is 0 Å². The fraction of sp³-hybridized carbons (Fsp3) is 0.625. The molecule has 2 nitrogen and oxygen atoms in total. The summed E-state index contributed by atoms with van der Waals surface area (Å²) in [6.07, 6.45) is 10.6. The molecule has 0 saturated heterocycles. The van der Waals surface area contributed by atoms with Crippen molar-refractivity contribution < 1.29 is 4.74 Å². The number of para-hydroxylation sites is 2. The van der Waals surface area contributed by atoms with Gasteiger partial charge in [0.15, 0.2) is 0 Å². The summed E-state index contributed by atoms with van der Waals surface area (Å²) in [7, 11) is 0. The molecule has 0 atom stereocenters. The van der Waals surface area contributed by atoms with Crippen LogP contribution in [0.1, 0.15) is 58.3 Å². The Labute approximate surface area is 112 Å². The van der Waals surface area contributed by atoms with Crippen molar-refractivity contribution in [3.05, 3.63) is 24.3 Å². The Hall–Kier alpha value is -1.18. The first kappa shape index (κ1) is 14.9. The molecule has 0 aliphatic carbocycles. The van der Waals surface area contributed by atoms with Gasteiger partial charge in [0.05, 0.1) is 12.3 Å². The van der Waals surface area contributed by atoms with E-state index in [2.05, 4.69) is 6.92 Å². The summed E-state index contributed by atoms with van der Waals surface area (Å²) in [5.74, 6) is 0.820. The molecule has 0 spiro atoms. The van der Waals surface area contributed by atoms with E-state index in [1.165, 1.54) is 44.9 Å². The third kappa shape index (κ3) is 6.53. The van der Waals surface area contributed by atoms with Crippen LogP contribution in [0, 0.1) is 0 Å². The molecule has 0 aliphatic heterocycles. The minimum atomic E-state index is 0.733. The molecule has 0 amide bonds. The number of nitrogens with two attached hydrogens (primary N) is 1. The molecule has 0 saturated carbocycles. The Kier molecular flexibility index (Phi) is 8.11. The molecule has 0 bridgehead atoms. The van der Waals surface area contributed by atoms with Crippen molar-refractivity contribution in [1.82, 2.24) is 0 Å². The van der Waals surface area contributed by atoms with Gasteiger partial charge in [0, 0.05) is 0 Å². The van der Waals surface area contributed by atoms with Crippen molar-refractivity contribution in [1.29, 1.82) is 0 Å². The van der Waals surface area contributed by atoms with Crippen LogP contribution in [0.2, 0.25) is 0 Å². The highest BCUT2D eigenvalue weighted by molar-refractivity contribution is 5.51. The first-order valence-electron chi connectivity index (χ1n) is 7.32. The van der Waals surface area contributed by atoms with E-state index in [1.54, 1.807) is 0 Å². The third-order valence-corrected chi connectivity index (χ3v) is 3.17. The van der Waals surface area contributed by atoms with E-state index in [4.69, 9.17) is 10.5 Å². The van der Waals surface area contributed by atoms with E-state index >= 15 is 0 Å². The van der Waals surface area contributed by atoms with Crippen molar-refractivity contribution in [2.24, 2.45) is 0 Å². The molecule has 0 radical (unpaired) electrons. The summed E-state index contributed by atoms with van der Waals surface area (Å²) in [5, 5.41) is 0. The molecule has 102 valence electrons. The van der Waals surface area contributed by atoms with Crippen molar-refractivity contribution in [3.8, 4) is 5.75 Å². The molecule has 1 aromatic rings. The lowest BCUT2D eigenvalue weighted by Gasteiger charge is -2.08. The molecular weight excluding hydrogens is 222 g/mol. The third-order valence-electron chi connectivity index (χ3n) is 3.17. The molecule has 0 aromatic heterocycles. The van der Waals surface area contributed by atoms with Crippen LogP contribution in [0.25, 0.3) is 0 Å². The van der Waals surface area contributed by atoms with Crippen LogP contribution in [0.4, 0.5) is 5.69 Å². The highest BCUT2D eigenvalue weighted by Gasteiger charge is 1.97. The van der Waals surface area contributed by atoms with E-state index in [-0.39, 0.29) is 0 Å². The van der Waals surface area contributed by atoms with Crippen molar-refractivity contribution in [2.45, 2.75) is 58.3 Å². The monoisotopic (exact) mass is 249 g/mol. The number of hydrogen-bond donors (Lipinski definition) is 1. The average molecular weight is 249 g/mol. The SMILES string of the molecule is CCCCCCCCCCOc1ccccc1N. The predicted octanol–water partition coefficient (Wildman–Crippen LogP) is 4.79. The van der Waals surface area contributed by atoms with Crippen molar-refractivity contribution in [2.75, 3.05) is 12.3 Å². The van der Waals surface area contributed by atoms with Gasteiger partial charge in [-0.2, -0.15) is 0 Å². The maximum Gasteiger partial charge on any atom is 0.142 e. The number of rotatable bonds is 10. The van der Waals surface area contributed by atoms with Crippen LogP contribution < -0.4 is 10.5 Å². The summed E-state index contributed by atoms with van der Waals surface area (Å²) in [6, 6.07) is 7.70. The summed E-state index contributed by atoms with van der Waals surface area (Å²) < 4.78 is 5.66. The number of unbranched alkanes of at least 4 members (excludes halogenated alkanes) is 7. The molecule has 1 rings (SSSR count). The Morgan fingerprint density at radius 2 is 1.50 bits per heavy atom. The second kappa shape index (κ2) is 9.81. The summed E-state index contributed by atoms with van der Waals surface area (Å²) in [6.45, 7) is 3.04. The molecule has 0 unspecified atom stereocenters. The second-order valence-electron chi connectivity index (χ2n) is 4.86. The lowest BCUT2D eigenvalue weighted by Crippen LogP contribution is -2.00. The smallest absolute Gasteiger partial charge is 0.142 e. The molecule has 0 fully saturated rings. The van der Waals surface area contributed by atoms with Gasteiger partial charge in [-0.15, -0.1) is 0 Å². The summed E-state index contributed by atoms with van der Waals surface area (Å²) in [5.41, 5.74) is 6.54. The van der Waals surface area contributed by atoms with E-state index in [0.717, 1.165) is 24.5 Å². The number of benzene rings is 1. The fourth-order valence-corrected chi connectivity index (χ4v) is 2.03. The lowest BCUT2D eigenvalue weighted by molar-refractivity contribution is 0.306. The molecule has 1 aromatic carbocycles. The number of anilines is 1. The Morgan fingerprint density at radius 1 is 0.889 bits per heavy atom. The van der Waals surface area contributed by atoms with Gasteiger partial charge in [-0.05, 0) is 18.6 Å². The molecule has 0 heterocycles. The highest BCUT2D eigenvalue weighted by atomic mass is 16.5. The summed E-state index contributed by atoms with van der Waals surface area (Å²) >= 11 is 0. The molecular formula is C16H27NO. The van der Waals surface area contributed by atoms with E-state index in [9.17, 15) is 0 Å². The number of nitrogen functional groups attached to an aromatic ring is 1. The normalized spacial score (nSPS) is 10.5. The molecule has 0 aliphatic rings. The van der Waals surface area contributed by atoms with E-state index in [1.807, 2.05) is 24.3 Å². The van der Waals surface area contributed by atoms with Crippen LogP contribution in [0.15, 0.2) is 24.3 Å². The van der Waals surface area contributed by atoms with Crippen LogP contribution in [0.5, 0.6) is 5.75 Å². The van der Waals surface area contributed by atoms with Crippen LogP contribution in [-0.2, 0) is 0 Å². The van der Waals surface area contributed by atoms with Gasteiger partial charge in [0.2, 0.25) is 0 Å². The van der Waals surface area contributed by atoms with Gasteiger partial charge < -0.3 is 10.5 Å². The van der Waals surface area contributed by atoms with Gasteiger partial charge in [-0.1, -0.05) is 64.0 Å². The molecule has 2 heteroatoms. The zero-order valence-corrected chi connectivity index (χ0v) is 11.7. The number of hydrogen-bond acceptors (Lipinski definition) is 2. The van der Waals surface area contributed by atoms with Crippen LogP contribution in [0.3, 0.4) is 0 Å². The topological polar surface area (TPSA) is 35.2 Å². The minimum absolute atomic E-state index is 0.733. The van der Waals surface area contributed by atoms with E-state index < -0.39 is 0 Å². The zero-order chi connectivity index (χ0) is 13.1. The van der Waals surface area contributed by atoms with Gasteiger partial charge in [-0.25, -0.2) is 0 Å². The Balaban J connectivity index is 1.94. The Bertz CT molecular complexity index is 312. The largest absolute Gasteiger partial charge is 0.491 e. The summed E-state index contributed by atoms with van der Waals surface area (Å²) in [4.78, 5) is 0. The standard InChI is InChI=1S/C16H27NO/c1-2-3-4-5-6-7-8-11-14-18-16-13-10-9-12-15(16)17/h9-10,12-13H,2-8,11,14,17H2,1H3. The Morgan fingerprint density at radius 3 is 2.17 bits per heavy atom. The van der Waals surface area contributed by atoms with Gasteiger partial charge in [0.1, 0.15) is 5.75 Å². The second-order valence-corrected chi connectivity index (χ2v) is 4.86. The van der Waals surface area contributed by atoms with Crippen LogP contribution >= 0.6 is 0 Å². The first-order chi connectivity index (χ1) is 8.84. The fourth-order valence-electron chi connectivity index (χ4n) is 2.03. The lowest BCUT2D eigenvalue weighted by atomic mass is 10.1. The minimum Gasteiger partial charge on any atom is -0.491 e. The van der Waals surface area contributed by atoms with Crippen molar-refractivity contribution in [3.63, 3.8) is 0 Å². The average Bonchev–Trinajstić information content (AvgIpc) is 2.39. The zero-order valence-electron chi connectivity index (χ0n) is 11.7. The highest BCUT2D eigenvalue weighted by Crippen LogP contribution is 2.20. The first-order valence-corrected chi connectivity index (χ1v) is 7.32. The predicted molar refractivity (Wildman–Crippen MR) is 79.0 cm³/mol.